The van der Waals surface area contributed by atoms with Crippen LogP contribution >= 0.6 is 15.9 Å². The minimum atomic E-state index is -1.97. The molecule has 6 unspecified atom stereocenters. The fraction of sp³-hybridized carbons (Fsp3) is 0.375. The van der Waals surface area contributed by atoms with E-state index >= 15 is 0 Å². The molecule has 4 aromatic rings. The molecule has 4 aliphatic heterocycles. The third-order valence-corrected chi connectivity index (χ3v) is 12.0. The number of aliphatic imine (C=N–C) groups is 2. The number of allylic oxidation sites excluding steroid dienone is 2. The third kappa shape index (κ3) is 11.9. The van der Waals surface area contributed by atoms with Crippen molar-refractivity contribution >= 4 is 40.4 Å². The number of nitrogens with zero attached hydrogens (tertiary/aromatic N) is 4. The molecule has 0 amide bonds. The van der Waals surface area contributed by atoms with Gasteiger partial charge in [0.15, 0.2) is 0 Å². The second kappa shape index (κ2) is 21.9. The average Bonchev–Trinajstić information content (AvgIpc) is 3.73. The molecule has 0 fully saturated rings. The summed E-state index contributed by atoms with van der Waals surface area (Å²) in [7, 11) is 1.44. The zero-order valence-electron chi connectivity index (χ0n) is 38.5. The Kier molecular flexibility index (Phi) is 16.7. The number of hydroxylamine groups is 4. The maximum Gasteiger partial charge on any atom is 0.491 e. The Morgan fingerprint density at radius 2 is 1.19 bits per heavy atom. The predicted molar refractivity (Wildman–Crippen MR) is 254 cm³/mol. The molecule has 0 saturated carbocycles. The number of guanidine groups is 2. The van der Waals surface area contributed by atoms with Crippen molar-refractivity contribution in [3.63, 3.8) is 0 Å². The maximum atomic E-state index is 14.4. The molecule has 0 aliphatic carbocycles. The Labute approximate surface area is 401 Å². The van der Waals surface area contributed by atoms with Crippen molar-refractivity contribution in [1.29, 1.82) is 0 Å². The second-order valence-electron chi connectivity index (χ2n) is 17.3. The van der Waals surface area contributed by atoms with E-state index in [0.29, 0.717) is 48.5 Å². The Morgan fingerprint density at radius 1 is 0.721 bits per heavy atom. The van der Waals surface area contributed by atoms with Gasteiger partial charge < -0.3 is 41.2 Å². The highest BCUT2D eigenvalue weighted by molar-refractivity contribution is 9.10. The van der Waals surface area contributed by atoms with Crippen LogP contribution in [0.15, 0.2) is 111 Å². The largest absolute Gasteiger partial charge is 0.491 e. The third-order valence-electron chi connectivity index (χ3n) is 11.5. The van der Waals surface area contributed by atoms with Gasteiger partial charge in [0.25, 0.3) is 0 Å². The molecule has 0 aromatic heterocycles. The normalized spacial score (nSPS) is 21.9. The molecule has 2 spiro atoms. The summed E-state index contributed by atoms with van der Waals surface area (Å²) < 4.78 is 66.6. The number of hydrogen-bond donors (Lipinski definition) is 6. The van der Waals surface area contributed by atoms with Gasteiger partial charge in [0.1, 0.15) is 47.0 Å². The van der Waals surface area contributed by atoms with Crippen molar-refractivity contribution < 1.29 is 57.0 Å². The molecule has 0 bridgehead atoms. The molecular formula is C48H56BBrF4N6O8. The van der Waals surface area contributed by atoms with Gasteiger partial charge in [0.2, 0.25) is 23.4 Å². The van der Waals surface area contributed by atoms with Crippen LogP contribution in [-0.2, 0) is 21.1 Å². The van der Waals surface area contributed by atoms with Crippen LogP contribution in [-0.4, -0.2) is 88.9 Å². The van der Waals surface area contributed by atoms with Crippen LogP contribution in [0.25, 0.3) is 11.1 Å². The van der Waals surface area contributed by atoms with E-state index in [2.05, 4.69) is 38.1 Å². The quantitative estimate of drug-likeness (QED) is 0.0563. The summed E-state index contributed by atoms with van der Waals surface area (Å²) in [5.41, 5.74) is 13.9. The Morgan fingerprint density at radius 3 is 1.63 bits per heavy atom. The molecule has 14 nitrogen and oxygen atoms in total. The number of aliphatic hydroxyl groups excluding tert-OH is 2. The number of aliphatic hydroxyl groups is 2. The van der Waals surface area contributed by atoms with E-state index < -0.39 is 47.3 Å². The van der Waals surface area contributed by atoms with Gasteiger partial charge in [-0.2, -0.15) is 0 Å². The van der Waals surface area contributed by atoms with Crippen LogP contribution < -0.4 is 26.4 Å². The van der Waals surface area contributed by atoms with E-state index in [1.165, 1.54) is 15.7 Å². The molecule has 364 valence electrons. The molecule has 4 aliphatic rings. The minimum Gasteiger partial charge on any atom is -0.489 e. The van der Waals surface area contributed by atoms with Crippen LogP contribution in [0.5, 0.6) is 11.5 Å². The molecule has 8 N–H and O–H groups in total. The van der Waals surface area contributed by atoms with Crippen LogP contribution in [0.3, 0.4) is 0 Å². The lowest BCUT2D eigenvalue weighted by atomic mass is 9.80. The highest BCUT2D eigenvalue weighted by atomic mass is 79.9. The minimum absolute atomic E-state index is 0.0120. The van der Waals surface area contributed by atoms with Gasteiger partial charge in [0.05, 0.1) is 11.1 Å². The predicted octanol–water partition coefficient (Wildman–Crippen LogP) is 6.65. The smallest absolute Gasteiger partial charge is 0.489 e. The van der Waals surface area contributed by atoms with Crippen molar-refractivity contribution in [2.24, 2.45) is 33.3 Å². The molecule has 6 atom stereocenters. The summed E-state index contributed by atoms with van der Waals surface area (Å²) in [6, 6.07) is 16.7. The fourth-order valence-corrected chi connectivity index (χ4v) is 8.85. The highest BCUT2D eigenvalue weighted by Gasteiger charge is 2.51. The summed E-state index contributed by atoms with van der Waals surface area (Å²) in [5.74, 6) is -0.791. The zero-order valence-corrected chi connectivity index (χ0v) is 40.1. The van der Waals surface area contributed by atoms with Crippen molar-refractivity contribution in [3.8, 4) is 22.6 Å². The van der Waals surface area contributed by atoms with Crippen LogP contribution in [0.2, 0.25) is 0 Å². The first-order valence-corrected chi connectivity index (χ1v) is 22.6. The van der Waals surface area contributed by atoms with E-state index in [4.69, 9.17) is 40.7 Å². The summed E-state index contributed by atoms with van der Waals surface area (Å²) in [4.78, 5) is 21.4. The van der Waals surface area contributed by atoms with E-state index in [9.17, 15) is 27.8 Å². The lowest BCUT2D eigenvalue weighted by molar-refractivity contribution is -0.193. The van der Waals surface area contributed by atoms with Crippen LogP contribution in [0, 0.1) is 35.1 Å². The Bertz CT molecular complexity index is 2580. The fourth-order valence-electron chi connectivity index (χ4n) is 8.49. The van der Waals surface area contributed by atoms with Gasteiger partial charge in [-0.05, 0) is 113 Å². The van der Waals surface area contributed by atoms with Crippen molar-refractivity contribution in [2.75, 3.05) is 27.3 Å². The maximum absolute atomic E-state index is 14.4. The van der Waals surface area contributed by atoms with E-state index in [1.54, 1.807) is 32.3 Å². The summed E-state index contributed by atoms with van der Waals surface area (Å²) in [6.45, 7) is 8.19. The van der Waals surface area contributed by atoms with Gasteiger partial charge in [-0.3, -0.25) is 0 Å². The summed E-state index contributed by atoms with van der Waals surface area (Å²) >= 11 is 3.51. The molecule has 4 aromatic carbocycles. The van der Waals surface area contributed by atoms with Gasteiger partial charge in [0, 0.05) is 67.5 Å². The summed E-state index contributed by atoms with van der Waals surface area (Å²) in [6.07, 6.45) is 5.72. The topological polar surface area (TPSA) is 201 Å². The van der Waals surface area contributed by atoms with Crippen LogP contribution in [0.4, 0.5) is 17.6 Å². The molecular weight excluding hydrogens is 955 g/mol. The number of fused-ring (bicyclic) bond motifs is 4. The zero-order chi connectivity index (χ0) is 49.7. The SMILES string of the molecule is CC(C)=CC(CCO)C1CC2(N=C(N)N(C)O2)c2cc(-c3cc(F)ccc3F)ccc2O1.CC(C)=CC(CCO)C1CC2(N=C(N)N(C)O2)c2cc(Br)ccc2O1.OB(O)c1cc(F)ccc1F. The number of halogens is 5. The number of hydrogen-bond acceptors (Lipinski definition) is 14. The summed E-state index contributed by atoms with van der Waals surface area (Å²) in [5, 5.41) is 38.9. The lowest BCUT2D eigenvalue weighted by Crippen LogP contribution is -2.42. The number of rotatable bonds is 10. The first-order chi connectivity index (χ1) is 32.2. The van der Waals surface area contributed by atoms with E-state index in [0.717, 1.165) is 57.8 Å². The number of nitrogens with two attached hydrogens (primary N) is 2. The molecule has 0 radical (unpaired) electrons. The van der Waals surface area contributed by atoms with Gasteiger partial charge in [-0.25, -0.2) is 47.3 Å². The van der Waals surface area contributed by atoms with Crippen molar-refractivity contribution in [1.82, 2.24) is 10.1 Å². The number of benzene rings is 4. The molecule has 68 heavy (non-hydrogen) atoms. The van der Waals surface area contributed by atoms with E-state index in [-0.39, 0.29) is 48.8 Å². The van der Waals surface area contributed by atoms with Crippen molar-refractivity contribution in [2.45, 2.75) is 77.0 Å². The van der Waals surface area contributed by atoms with Gasteiger partial charge in [-0.1, -0.05) is 45.3 Å². The first-order valence-electron chi connectivity index (χ1n) is 21.8. The lowest BCUT2D eigenvalue weighted by Gasteiger charge is -2.39. The van der Waals surface area contributed by atoms with Gasteiger partial charge >= 0.3 is 7.12 Å². The molecule has 0 saturated heterocycles. The Hall–Kier alpha value is -5.48. The molecule has 20 heteroatoms. The Balaban J connectivity index is 0.000000187. The standard InChI is InChI=1S/C24H27F2N3O3.C18H24BrN3O3.C6H5BF2O2/c1-14(2)10-16(8-9-30)22-13-24(28-23(27)29(3)32-24)19-11-15(4-7-21(19)31-22)18-12-17(25)5-6-20(18)26;1-11(2)8-12(6-7-23)16-10-18(21-17(20)22(3)25-18)14-9-13(19)4-5-15(14)24-16;8-4-1-2-6(9)5(3-4)7(10)11/h4-7,10-12,16,22,30H,8-9,13H2,1-3H3,(H2,27,28);4-5,8-9,12,16,23H,6-7,10H2,1-3H3,(H2,20,21);1-3,10-11H. The average molecular weight is 1010 g/mol. The monoisotopic (exact) mass is 1010 g/mol. The van der Waals surface area contributed by atoms with Gasteiger partial charge in [-0.15, -0.1) is 0 Å². The highest BCUT2D eigenvalue weighted by Crippen LogP contribution is 2.50. The van der Waals surface area contributed by atoms with Crippen LogP contribution in [0.1, 0.15) is 64.5 Å². The number of ether oxygens (including phenoxy) is 2. The van der Waals surface area contributed by atoms with E-state index in [1.807, 2.05) is 45.9 Å². The molecule has 8 rings (SSSR count). The second-order valence-corrected chi connectivity index (χ2v) is 18.2. The first kappa shape index (κ1) is 51.9. The van der Waals surface area contributed by atoms with Crippen molar-refractivity contribution in [3.05, 3.63) is 135 Å². The molecule has 4 heterocycles.